The van der Waals surface area contributed by atoms with Crippen molar-refractivity contribution in [1.82, 2.24) is 9.38 Å². The summed E-state index contributed by atoms with van der Waals surface area (Å²) in [4.78, 5) is 6.94. The molecule has 0 spiro atoms. The van der Waals surface area contributed by atoms with Crippen LogP contribution in [0.1, 0.15) is 36.5 Å². The number of hydrogen-bond donors (Lipinski definition) is 0. The molecule has 0 bridgehead atoms. The van der Waals surface area contributed by atoms with Crippen molar-refractivity contribution in [2.45, 2.75) is 33.1 Å². The number of benzene rings is 2. The number of pyridine rings is 1. The molecule has 0 aliphatic carbocycles. The summed E-state index contributed by atoms with van der Waals surface area (Å²) in [5.74, 6) is 0. The topological polar surface area (TPSA) is 44.3 Å². The van der Waals surface area contributed by atoms with Crippen molar-refractivity contribution >= 4 is 22.4 Å². The Morgan fingerprint density at radius 2 is 1.79 bits per heavy atom. The van der Waals surface area contributed by atoms with Gasteiger partial charge in [-0.1, -0.05) is 37.6 Å². The average Bonchev–Trinajstić information content (AvgIpc) is 3.11. The van der Waals surface area contributed by atoms with E-state index < -0.39 is 0 Å². The van der Waals surface area contributed by atoms with E-state index in [4.69, 9.17) is 4.98 Å². The number of rotatable bonds is 5. The summed E-state index contributed by atoms with van der Waals surface area (Å²) in [5.41, 5.74) is 9.17. The number of anilines is 1. The van der Waals surface area contributed by atoms with Crippen molar-refractivity contribution in [2.75, 3.05) is 19.0 Å². The number of imidazole rings is 1. The summed E-state index contributed by atoms with van der Waals surface area (Å²) >= 11 is 0. The molecule has 0 amide bonds. The highest BCUT2D eigenvalue weighted by Crippen LogP contribution is 2.35. The standard InChI is InChI=1S/C25H26N4/c1-5-6-9-20-17(2)21(16-26)25-27-22-10-7-8-11-23(22)29(25)24(20)18-12-14-19(15-13-18)28(3)4/h7-8,10-15H,5-6,9H2,1-4H3. The first-order chi connectivity index (χ1) is 14.1. The van der Waals surface area contributed by atoms with Gasteiger partial charge in [0.2, 0.25) is 0 Å². The normalized spacial score (nSPS) is 11.1. The number of fused-ring (bicyclic) bond motifs is 3. The molecule has 0 atom stereocenters. The molecule has 2 aromatic carbocycles. The molecule has 4 rings (SSSR count). The molecule has 2 heterocycles. The number of hydrogen-bond acceptors (Lipinski definition) is 3. The number of nitriles is 1. The fourth-order valence-electron chi connectivity index (χ4n) is 4.07. The van der Waals surface area contributed by atoms with Crippen LogP contribution in [-0.4, -0.2) is 23.5 Å². The van der Waals surface area contributed by atoms with Gasteiger partial charge in [-0.05, 0) is 60.7 Å². The van der Waals surface area contributed by atoms with E-state index in [1.54, 1.807) is 0 Å². The van der Waals surface area contributed by atoms with E-state index in [1.807, 2.05) is 18.2 Å². The van der Waals surface area contributed by atoms with Gasteiger partial charge in [0.25, 0.3) is 0 Å². The zero-order valence-electron chi connectivity index (χ0n) is 17.5. The van der Waals surface area contributed by atoms with E-state index >= 15 is 0 Å². The van der Waals surface area contributed by atoms with Gasteiger partial charge in [0.05, 0.1) is 22.3 Å². The second-order valence-corrected chi connectivity index (χ2v) is 7.74. The molecule has 29 heavy (non-hydrogen) atoms. The molecule has 0 saturated heterocycles. The predicted molar refractivity (Wildman–Crippen MR) is 121 cm³/mol. The molecule has 0 radical (unpaired) electrons. The van der Waals surface area contributed by atoms with Crippen molar-refractivity contribution in [2.24, 2.45) is 0 Å². The molecule has 4 heteroatoms. The summed E-state index contributed by atoms with van der Waals surface area (Å²) in [6.07, 6.45) is 3.15. The molecule has 4 nitrogen and oxygen atoms in total. The van der Waals surface area contributed by atoms with Gasteiger partial charge in [-0.15, -0.1) is 0 Å². The number of nitrogens with zero attached hydrogens (tertiary/aromatic N) is 4. The summed E-state index contributed by atoms with van der Waals surface area (Å²) in [6.45, 7) is 4.28. The van der Waals surface area contributed by atoms with Crippen LogP contribution in [0.4, 0.5) is 5.69 Å². The molecule has 4 aromatic rings. The highest BCUT2D eigenvalue weighted by Gasteiger charge is 2.21. The maximum absolute atomic E-state index is 9.94. The maximum atomic E-state index is 9.94. The number of para-hydroxylation sites is 2. The lowest BCUT2D eigenvalue weighted by atomic mass is 9.94. The largest absolute Gasteiger partial charge is 0.378 e. The van der Waals surface area contributed by atoms with E-state index in [1.165, 1.54) is 11.3 Å². The Kier molecular flexibility index (Phi) is 4.98. The van der Waals surface area contributed by atoms with Crippen molar-refractivity contribution in [3.63, 3.8) is 0 Å². The first kappa shape index (κ1) is 19.0. The third-order valence-corrected chi connectivity index (χ3v) is 5.67. The monoisotopic (exact) mass is 382 g/mol. The second kappa shape index (κ2) is 7.60. The van der Waals surface area contributed by atoms with Crippen LogP contribution in [0, 0.1) is 18.3 Å². The first-order valence-electron chi connectivity index (χ1n) is 10.2. The minimum Gasteiger partial charge on any atom is -0.378 e. The van der Waals surface area contributed by atoms with Crippen LogP contribution in [0.5, 0.6) is 0 Å². The molecule has 2 aromatic heterocycles. The minimum absolute atomic E-state index is 0.681. The number of aromatic nitrogens is 2. The second-order valence-electron chi connectivity index (χ2n) is 7.74. The molecule has 0 aliphatic heterocycles. The quantitative estimate of drug-likeness (QED) is 0.442. The first-order valence-corrected chi connectivity index (χ1v) is 10.2. The van der Waals surface area contributed by atoms with Gasteiger partial charge in [-0.3, -0.25) is 4.40 Å². The summed E-state index contributed by atoms with van der Waals surface area (Å²) in [6, 6.07) is 19.2. The minimum atomic E-state index is 0.681. The molecule has 0 N–H and O–H groups in total. The smallest absolute Gasteiger partial charge is 0.156 e. The zero-order valence-corrected chi connectivity index (χ0v) is 17.5. The van der Waals surface area contributed by atoms with Crippen LogP contribution in [0.15, 0.2) is 48.5 Å². The van der Waals surface area contributed by atoms with Crippen molar-refractivity contribution < 1.29 is 0 Å². The van der Waals surface area contributed by atoms with E-state index in [-0.39, 0.29) is 0 Å². The maximum Gasteiger partial charge on any atom is 0.156 e. The summed E-state index contributed by atoms with van der Waals surface area (Å²) in [7, 11) is 4.10. The van der Waals surface area contributed by atoms with Crippen LogP contribution >= 0.6 is 0 Å². The molecule has 0 saturated carbocycles. The van der Waals surface area contributed by atoms with Crippen LogP contribution in [-0.2, 0) is 6.42 Å². The van der Waals surface area contributed by atoms with Crippen molar-refractivity contribution in [1.29, 1.82) is 5.26 Å². The highest BCUT2D eigenvalue weighted by molar-refractivity contribution is 5.87. The van der Waals surface area contributed by atoms with Gasteiger partial charge in [-0.2, -0.15) is 5.26 Å². The summed E-state index contributed by atoms with van der Waals surface area (Å²) < 4.78 is 2.19. The third-order valence-electron chi connectivity index (χ3n) is 5.67. The fraction of sp³-hybridized carbons (Fsp3) is 0.280. The molecule has 0 fully saturated rings. The lowest BCUT2D eigenvalue weighted by molar-refractivity contribution is 0.788. The fourth-order valence-corrected chi connectivity index (χ4v) is 4.07. The van der Waals surface area contributed by atoms with Crippen LogP contribution in [0.2, 0.25) is 0 Å². The van der Waals surface area contributed by atoms with Crippen molar-refractivity contribution in [3.8, 4) is 17.3 Å². The Morgan fingerprint density at radius 1 is 1.07 bits per heavy atom. The van der Waals surface area contributed by atoms with Crippen molar-refractivity contribution in [3.05, 3.63) is 65.2 Å². The Labute approximate surface area is 172 Å². The van der Waals surface area contributed by atoms with Gasteiger partial charge in [0.15, 0.2) is 5.65 Å². The molecule has 0 aliphatic rings. The average molecular weight is 383 g/mol. The van der Waals surface area contributed by atoms with Crippen LogP contribution < -0.4 is 4.90 Å². The van der Waals surface area contributed by atoms with Gasteiger partial charge < -0.3 is 4.90 Å². The number of unbranched alkanes of at least 4 members (excludes halogenated alkanes) is 1. The highest BCUT2D eigenvalue weighted by atomic mass is 15.1. The Hall–Kier alpha value is -3.32. The SMILES string of the molecule is CCCCc1c(C)c(C#N)c2nc3ccccc3n2c1-c1ccc(N(C)C)cc1. The van der Waals surface area contributed by atoms with E-state index in [9.17, 15) is 5.26 Å². The van der Waals surface area contributed by atoms with Gasteiger partial charge in [-0.25, -0.2) is 4.98 Å². The molecular formula is C25H26N4. The molecule has 146 valence electrons. The Bertz CT molecular complexity index is 1220. The van der Waals surface area contributed by atoms with E-state index in [2.05, 4.69) is 73.6 Å². The third kappa shape index (κ3) is 3.13. The van der Waals surface area contributed by atoms with Gasteiger partial charge >= 0.3 is 0 Å². The Morgan fingerprint density at radius 3 is 2.45 bits per heavy atom. The van der Waals surface area contributed by atoms with E-state index in [0.717, 1.165) is 52.8 Å². The zero-order chi connectivity index (χ0) is 20.5. The predicted octanol–water partition coefficient (Wildman–Crippen LogP) is 5.74. The van der Waals surface area contributed by atoms with Crippen LogP contribution in [0.25, 0.3) is 27.9 Å². The lowest BCUT2D eigenvalue weighted by Crippen LogP contribution is -2.09. The van der Waals surface area contributed by atoms with Crippen LogP contribution in [0.3, 0.4) is 0 Å². The molecule has 0 unspecified atom stereocenters. The van der Waals surface area contributed by atoms with Gasteiger partial charge in [0.1, 0.15) is 6.07 Å². The molecular weight excluding hydrogens is 356 g/mol. The summed E-state index contributed by atoms with van der Waals surface area (Å²) in [5, 5.41) is 9.94. The lowest BCUT2D eigenvalue weighted by Gasteiger charge is -2.19. The van der Waals surface area contributed by atoms with E-state index in [0.29, 0.717) is 5.56 Å². The Balaban J connectivity index is 2.13. The van der Waals surface area contributed by atoms with Gasteiger partial charge in [0, 0.05) is 19.8 Å².